The molecule has 0 bridgehead atoms. The molecule has 0 aliphatic carbocycles. The maximum absolute atomic E-state index is 6.02. The zero-order valence-electron chi connectivity index (χ0n) is 15.2. The summed E-state index contributed by atoms with van der Waals surface area (Å²) in [6.45, 7) is 2.41. The predicted molar refractivity (Wildman–Crippen MR) is 107 cm³/mol. The van der Waals surface area contributed by atoms with E-state index in [1.807, 2.05) is 37.8 Å². The van der Waals surface area contributed by atoms with E-state index in [0.29, 0.717) is 5.88 Å². The number of hydrogen-bond acceptors (Lipinski definition) is 5. The highest BCUT2D eigenvalue weighted by molar-refractivity contribution is 6.30. The van der Waals surface area contributed by atoms with Crippen LogP contribution in [0.5, 0.6) is 5.88 Å². The van der Waals surface area contributed by atoms with Crippen LogP contribution in [-0.2, 0) is 13.5 Å². The van der Waals surface area contributed by atoms with Gasteiger partial charge in [0.25, 0.3) is 0 Å². The van der Waals surface area contributed by atoms with Crippen molar-refractivity contribution >= 4 is 17.3 Å². The third-order valence-electron chi connectivity index (χ3n) is 4.56. The number of anilines is 1. The zero-order valence-corrected chi connectivity index (χ0v) is 15.9. The van der Waals surface area contributed by atoms with E-state index >= 15 is 0 Å². The molecule has 7 heteroatoms. The summed E-state index contributed by atoms with van der Waals surface area (Å²) in [6.07, 6.45) is 6.65. The third-order valence-corrected chi connectivity index (χ3v) is 4.82. The van der Waals surface area contributed by atoms with Crippen molar-refractivity contribution in [3.8, 4) is 17.0 Å². The Labute approximate surface area is 163 Å². The van der Waals surface area contributed by atoms with Crippen molar-refractivity contribution in [2.24, 2.45) is 7.05 Å². The van der Waals surface area contributed by atoms with E-state index < -0.39 is 0 Å². The maximum atomic E-state index is 6.02. The molecule has 3 aromatic rings. The second-order valence-electron chi connectivity index (χ2n) is 6.68. The Kier molecular flexibility index (Phi) is 5.27. The van der Waals surface area contributed by atoms with Gasteiger partial charge in [-0.05, 0) is 36.7 Å². The number of nitrogens with one attached hydrogen (secondary N) is 2. The summed E-state index contributed by atoms with van der Waals surface area (Å²) in [6, 6.07) is 10.0. The number of ether oxygens (including phenoxy) is 1. The molecule has 1 aliphatic rings. The van der Waals surface area contributed by atoms with Crippen LogP contribution in [0.3, 0.4) is 0 Å². The number of aromatic nitrogens is 3. The molecular formula is C20H22ClN5O. The van der Waals surface area contributed by atoms with E-state index in [4.69, 9.17) is 16.3 Å². The van der Waals surface area contributed by atoms with E-state index in [0.717, 1.165) is 47.9 Å². The van der Waals surface area contributed by atoms with Gasteiger partial charge in [-0.1, -0.05) is 23.7 Å². The van der Waals surface area contributed by atoms with Crippen molar-refractivity contribution < 1.29 is 4.74 Å². The monoisotopic (exact) mass is 383 g/mol. The summed E-state index contributed by atoms with van der Waals surface area (Å²) < 4.78 is 7.80. The first-order chi connectivity index (χ1) is 13.2. The quantitative estimate of drug-likeness (QED) is 0.640. The lowest BCUT2D eigenvalue weighted by Gasteiger charge is -2.27. The molecule has 4 rings (SSSR count). The molecule has 1 atom stereocenters. The number of halogens is 1. The molecule has 2 aromatic heterocycles. The first kappa shape index (κ1) is 17.8. The summed E-state index contributed by atoms with van der Waals surface area (Å²) >= 11 is 5.91. The van der Waals surface area contributed by atoms with E-state index in [1.165, 1.54) is 5.56 Å². The van der Waals surface area contributed by atoms with Gasteiger partial charge < -0.3 is 15.4 Å². The van der Waals surface area contributed by atoms with Crippen LogP contribution in [0.15, 0.2) is 48.9 Å². The van der Waals surface area contributed by atoms with Crippen LogP contribution in [0.4, 0.5) is 5.69 Å². The lowest BCUT2D eigenvalue weighted by atomic mass is 10.1. The van der Waals surface area contributed by atoms with Gasteiger partial charge in [-0.3, -0.25) is 4.68 Å². The Hall–Kier alpha value is -2.57. The number of benzene rings is 1. The van der Waals surface area contributed by atoms with Gasteiger partial charge in [0.2, 0.25) is 5.88 Å². The Bertz CT molecular complexity index is 909. The maximum Gasteiger partial charge on any atom is 0.237 e. The molecule has 0 spiro atoms. The average molecular weight is 384 g/mol. The van der Waals surface area contributed by atoms with Crippen LogP contribution in [-0.4, -0.2) is 40.5 Å². The molecule has 1 unspecified atom stereocenters. The summed E-state index contributed by atoms with van der Waals surface area (Å²) in [5, 5.41) is 11.9. The molecule has 0 amide bonds. The van der Waals surface area contributed by atoms with Gasteiger partial charge in [-0.15, -0.1) is 0 Å². The summed E-state index contributed by atoms with van der Waals surface area (Å²) in [5.74, 6) is 0.651. The molecule has 0 saturated heterocycles. The highest BCUT2D eigenvalue weighted by Crippen LogP contribution is 2.30. The van der Waals surface area contributed by atoms with Crippen LogP contribution in [0.1, 0.15) is 5.56 Å². The minimum atomic E-state index is 0.0551. The van der Waals surface area contributed by atoms with Gasteiger partial charge in [0.05, 0.1) is 18.4 Å². The highest BCUT2D eigenvalue weighted by Gasteiger charge is 2.20. The molecule has 1 aromatic carbocycles. The molecule has 0 fully saturated rings. The number of nitrogens with zero attached hydrogens (tertiary/aromatic N) is 3. The SMILES string of the molecule is Cn1cc(-c2cnc3c(c2)NCC(CNCCc2ccc(Cl)cc2)O3)cn1. The Morgan fingerprint density at radius 3 is 2.89 bits per heavy atom. The number of aryl methyl sites for hydroxylation is 1. The van der Waals surface area contributed by atoms with Crippen LogP contribution >= 0.6 is 11.6 Å². The average Bonchev–Trinajstić information content (AvgIpc) is 3.12. The topological polar surface area (TPSA) is 64.0 Å². The van der Waals surface area contributed by atoms with Crippen LogP contribution in [0, 0.1) is 0 Å². The molecule has 27 heavy (non-hydrogen) atoms. The van der Waals surface area contributed by atoms with Crippen LogP contribution < -0.4 is 15.4 Å². The molecule has 3 heterocycles. The van der Waals surface area contributed by atoms with Gasteiger partial charge in [-0.2, -0.15) is 5.10 Å². The molecule has 0 saturated carbocycles. The van der Waals surface area contributed by atoms with Crippen molar-refractivity contribution in [3.05, 3.63) is 59.5 Å². The number of hydrogen-bond donors (Lipinski definition) is 2. The summed E-state index contributed by atoms with van der Waals surface area (Å²) in [7, 11) is 1.90. The Morgan fingerprint density at radius 1 is 1.26 bits per heavy atom. The van der Waals surface area contributed by atoms with Gasteiger partial charge in [0.15, 0.2) is 0 Å². The van der Waals surface area contributed by atoms with E-state index in [1.54, 1.807) is 4.68 Å². The first-order valence-corrected chi connectivity index (χ1v) is 9.40. The normalized spacial score (nSPS) is 15.7. The van der Waals surface area contributed by atoms with E-state index in [2.05, 4.69) is 38.9 Å². The predicted octanol–water partition coefficient (Wildman–Crippen LogP) is 3.14. The van der Waals surface area contributed by atoms with Crippen LogP contribution in [0.2, 0.25) is 5.02 Å². The smallest absolute Gasteiger partial charge is 0.237 e. The van der Waals surface area contributed by atoms with Crippen LogP contribution in [0.25, 0.3) is 11.1 Å². The highest BCUT2D eigenvalue weighted by atomic mass is 35.5. The minimum absolute atomic E-state index is 0.0551. The first-order valence-electron chi connectivity index (χ1n) is 9.02. The number of rotatable bonds is 6. The fraction of sp³-hybridized carbons (Fsp3) is 0.300. The molecule has 0 radical (unpaired) electrons. The van der Waals surface area contributed by atoms with Crippen molar-refractivity contribution in [2.45, 2.75) is 12.5 Å². The fourth-order valence-electron chi connectivity index (χ4n) is 3.08. The van der Waals surface area contributed by atoms with Gasteiger partial charge in [0.1, 0.15) is 6.10 Å². The molecule has 2 N–H and O–H groups in total. The van der Waals surface area contributed by atoms with Gasteiger partial charge >= 0.3 is 0 Å². The fourth-order valence-corrected chi connectivity index (χ4v) is 3.21. The zero-order chi connectivity index (χ0) is 18.6. The largest absolute Gasteiger partial charge is 0.470 e. The Morgan fingerprint density at radius 2 is 2.11 bits per heavy atom. The van der Waals surface area contributed by atoms with E-state index in [-0.39, 0.29) is 6.10 Å². The number of pyridine rings is 1. The molecule has 1 aliphatic heterocycles. The number of fused-ring (bicyclic) bond motifs is 1. The Balaban J connectivity index is 1.29. The van der Waals surface area contributed by atoms with Crippen molar-refractivity contribution in [3.63, 3.8) is 0 Å². The molecular weight excluding hydrogens is 362 g/mol. The lowest BCUT2D eigenvalue weighted by molar-refractivity contribution is 0.194. The van der Waals surface area contributed by atoms with Crippen molar-refractivity contribution in [1.82, 2.24) is 20.1 Å². The van der Waals surface area contributed by atoms with Crippen molar-refractivity contribution in [2.75, 3.05) is 25.0 Å². The second kappa shape index (κ2) is 7.98. The van der Waals surface area contributed by atoms with Crippen molar-refractivity contribution in [1.29, 1.82) is 0 Å². The molecule has 6 nitrogen and oxygen atoms in total. The third kappa shape index (κ3) is 4.40. The lowest BCUT2D eigenvalue weighted by Crippen LogP contribution is -2.40. The second-order valence-corrected chi connectivity index (χ2v) is 7.12. The summed E-state index contributed by atoms with van der Waals surface area (Å²) in [5.41, 5.74) is 4.26. The summed E-state index contributed by atoms with van der Waals surface area (Å²) in [4.78, 5) is 4.48. The van der Waals surface area contributed by atoms with Gasteiger partial charge in [0, 0.05) is 42.1 Å². The standard InChI is InChI=1S/C20H22ClN5O/c1-26-13-16(10-25-26)15-8-19-20(24-9-15)27-18(12-23-19)11-22-7-6-14-2-4-17(21)5-3-14/h2-5,8-10,13,18,22-23H,6-7,11-12H2,1H3. The van der Waals surface area contributed by atoms with Gasteiger partial charge in [-0.25, -0.2) is 4.98 Å². The molecule has 140 valence electrons. The van der Waals surface area contributed by atoms with E-state index in [9.17, 15) is 0 Å². The minimum Gasteiger partial charge on any atom is -0.470 e.